The highest BCUT2D eigenvalue weighted by Gasteiger charge is 2.10. The van der Waals surface area contributed by atoms with Gasteiger partial charge in [-0.3, -0.25) is 0 Å². The average Bonchev–Trinajstić information content (AvgIpc) is 2.93. The highest BCUT2D eigenvalue weighted by molar-refractivity contribution is 7.20. The van der Waals surface area contributed by atoms with Crippen molar-refractivity contribution in [2.45, 2.75) is 20.3 Å². The molecule has 3 aromatic rings. The number of anilines is 1. The first-order valence-electron chi connectivity index (χ1n) is 6.31. The first kappa shape index (κ1) is 12.9. The smallest absolute Gasteiger partial charge is 0.236 e. The lowest BCUT2D eigenvalue weighted by Gasteiger charge is -2.10. The minimum atomic E-state index is 0.492. The largest absolute Gasteiger partial charge is 0.493 e. The minimum Gasteiger partial charge on any atom is -0.493 e. The standard InChI is InChI=1S/C13H15N5OS/c1-8-4-3-5-9(2)11(8)19-7-6-10-15-16-13-18(10)17-12(14)20-13/h3-5H,6-7H2,1-2H3,(H2,14,17). The lowest BCUT2D eigenvalue weighted by Crippen LogP contribution is -2.07. The summed E-state index contributed by atoms with van der Waals surface area (Å²) in [5.74, 6) is 1.70. The van der Waals surface area contributed by atoms with Gasteiger partial charge in [-0.2, -0.15) is 4.52 Å². The molecule has 6 nitrogen and oxygen atoms in total. The molecular weight excluding hydrogens is 274 g/mol. The number of hydrogen-bond acceptors (Lipinski definition) is 6. The van der Waals surface area contributed by atoms with Crippen LogP contribution in [0.4, 0.5) is 5.13 Å². The van der Waals surface area contributed by atoms with Crippen LogP contribution in [0.1, 0.15) is 17.0 Å². The van der Waals surface area contributed by atoms with E-state index in [9.17, 15) is 0 Å². The molecule has 0 saturated carbocycles. The summed E-state index contributed by atoms with van der Waals surface area (Å²) in [6, 6.07) is 6.11. The van der Waals surface area contributed by atoms with Gasteiger partial charge in [0.2, 0.25) is 10.1 Å². The van der Waals surface area contributed by atoms with E-state index in [0.29, 0.717) is 23.1 Å². The average molecular weight is 289 g/mol. The van der Waals surface area contributed by atoms with Gasteiger partial charge in [-0.25, -0.2) is 0 Å². The van der Waals surface area contributed by atoms with Gasteiger partial charge in [-0.15, -0.1) is 15.3 Å². The second kappa shape index (κ2) is 5.09. The molecule has 2 heterocycles. The molecule has 0 unspecified atom stereocenters. The van der Waals surface area contributed by atoms with Crippen molar-refractivity contribution in [1.29, 1.82) is 0 Å². The van der Waals surface area contributed by atoms with Gasteiger partial charge in [-0.1, -0.05) is 29.5 Å². The van der Waals surface area contributed by atoms with Crippen LogP contribution in [0.5, 0.6) is 5.75 Å². The number of fused-ring (bicyclic) bond motifs is 1. The van der Waals surface area contributed by atoms with Crippen molar-refractivity contribution in [3.05, 3.63) is 35.2 Å². The molecular formula is C13H15N5OS. The summed E-state index contributed by atoms with van der Waals surface area (Å²) in [7, 11) is 0. The molecule has 0 aliphatic heterocycles. The molecule has 0 fully saturated rings. The normalized spacial score (nSPS) is 11.1. The topological polar surface area (TPSA) is 78.3 Å². The Bertz CT molecular complexity index is 728. The van der Waals surface area contributed by atoms with Crippen LogP contribution in [0.3, 0.4) is 0 Å². The Hall–Kier alpha value is -2.15. The molecule has 0 spiro atoms. The summed E-state index contributed by atoms with van der Waals surface area (Å²) in [5, 5.41) is 12.8. The molecule has 0 radical (unpaired) electrons. The molecule has 7 heteroatoms. The predicted octanol–water partition coefficient (Wildman–Crippen LogP) is 2.01. The Kier molecular flexibility index (Phi) is 3.27. The van der Waals surface area contributed by atoms with Crippen molar-refractivity contribution in [3.63, 3.8) is 0 Å². The Labute approximate surface area is 120 Å². The van der Waals surface area contributed by atoms with Crippen LogP contribution in [0.25, 0.3) is 4.96 Å². The van der Waals surface area contributed by atoms with E-state index in [2.05, 4.69) is 15.3 Å². The van der Waals surface area contributed by atoms with E-state index < -0.39 is 0 Å². The van der Waals surface area contributed by atoms with Crippen LogP contribution in [-0.2, 0) is 6.42 Å². The van der Waals surface area contributed by atoms with Gasteiger partial charge in [0, 0.05) is 6.42 Å². The van der Waals surface area contributed by atoms with Gasteiger partial charge in [0.25, 0.3) is 0 Å². The Morgan fingerprint density at radius 3 is 2.75 bits per heavy atom. The molecule has 20 heavy (non-hydrogen) atoms. The molecule has 0 amide bonds. The summed E-state index contributed by atoms with van der Waals surface area (Å²) in [5.41, 5.74) is 7.92. The van der Waals surface area contributed by atoms with Crippen LogP contribution in [0.2, 0.25) is 0 Å². The zero-order chi connectivity index (χ0) is 14.1. The Morgan fingerprint density at radius 2 is 2.00 bits per heavy atom. The first-order chi connectivity index (χ1) is 9.65. The number of nitrogens with two attached hydrogens (primary N) is 1. The molecule has 2 N–H and O–H groups in total. The number of aromatic nitrogens is 4. The van der Waals surface area contributed by atoms with E-state index in [1.54, 1.807) is 4.52 Å². The van der Waals surface area contributed by atoms with E-state index in [1.807, 2.05) is 32.0 Å². The lowest BCUT2D eigenvalue weighted by atomic mass is 10.1. The fourth-order valence-electron chi connectivity index (χ4n) is 2.10. The molecule has 2 aromatic heterocycles. The molecule has 0 bridgehead atoms. The summed E-state index contributed by atoms with van der Waals surface area (Å²) in [6.45, 7) is 4.61. The number of para-hydroxylation sites is 1. The van der Waals surface area contributed by atoms with E-state index in [-0.39, 0.29) is 0 Å². The monoisotopic (exact) mass is 289 g/mol. The van der Waals surface area contributed by atoms with Crippen molar-refractivity contribution in [2.24, 2.45) is 0 Å². The molecule has 0 aliphatic carbocycles. The molecule has 0 saturated heterocycles. The number of nitrogens with zero attached hydrogens (tertiary/aromatic N) is 4. The molecule has 104 valence electrons. The van der Waals surface area contributed by atoms with Crippen LogP contribution in [0, 0.1) is 13.8 Å². The Balaban J connectivity index is 1.71. The van der Waals surface area contributed by atoms with Gasteiger partial charge in [0.1, 0.15) is 5.75 Å². The minimum absolute atomic E-state index is 0.492. The van der Waals surface area contributed by atoms with Crippen molar-refractivity contribution >= 4 is 21.4 Å². The second-order valence-corrected chi connectivity index (χ2v) is 5.56. The fourth-order valence-corrected chi connectivity index (χ4v) is 2.72. The van der Waals surface area contributed by atoms with Gasteiger partial charge in [0.15, 0.2) is 5.82 Å². The summed E-state index contributed by atoms with van der Waals surface area (Å²) in [4.78, 5) is 0.713. The van der Waals surface area contributed by atoms with Gasteiger partial charge in [-0.05, 0) is 25.0 Å². The van der Waals surface area contributed by atoms with Gasteiger partial charge in [0.05, 0.1) is 6.61 Å². The number of nitrogen functional groups attached to an aromatic ring is 1. The van der Waals surface area contributed by atoms with Crippen LogP contribution >= 0.6 is 11.3 Å². The van der Waals surface area contributed by atoms with Crippen LogP contribution in [-0.4, -0.2) is 26.4 Å². The number of aryl methyl sites for hydroxylation is 2. The van der Waals surface area contributed by atoms with E-state index in [1.165, 1.54) is 11.3 Å². The number of hydrogen-bond donors (Lipinski definition) is 1. The van der Waals surface area contributed by atoms with Crippen molar-refractivity contribution in [2.75, 3.05) is 12.3 Å². The maximum Gasteiger partial charge on any atom is 0.236 e. The molecule has 1 aromatic carbocycles. The first-order valence-corrected chi connectivity index (χ1v) is 7.12. The second-order valence-electron chi connectivity index (χ2n) is 4.57. The van der Waals surface area contributed by atoms with E-state index >= 15 is 0 Å². The van der Waals surface area contributed by atoms with E-state index in [0.717, 1.165) is 22.7 Å². The molecule has 3 rings (SSSR count). The predicted molar refractivity (Wildman–Crippen MR) is 78.2 cm³/mol. The van der Waals surface area contributed by atoms with Crippen molar-refractivity contribution in [1.82, 2.24) is 19.8 Å². The SMILES string of the molecule is Cc1cccc(C)c1OCCc1nnc2sc(N)nn12. The maximum atomic E-state index is 5.86. The fraction of sp³-hybridized carbons (Fsp3) is 0.308. The van der Waals surface area contributed by atoms with Gasteiger partial charge >= 0.3 is 0 Å². The number of rotatable bonds is 4. The Morgan fingerprint density at radius 1 is 1.25 bits per heavy atom. The zero-order valence-corrected chi connectivity index (χ0v) is 12.1. The zero-order valence-electron chi connectivity index (χ0n) is 11.3. The lowest BCUT2D eigenvalue weighted by molar-refractivity contribution is 0.313. The molecule has 0 atom stereocenters. The molecule has 0 aliphatic rings. The maximum absolute atomic E-state index is 5.86. The quantitative estimate of drug-likeness (QED) is 0.795. The summed E-state index contributed by atoms with van der Waals surface area (Å²) in [6.07, 6.45) is 0.637. The summed E-state index contributed by atoms with van der Waals surface area (Å²) >= 11 is 1.32. The third-order valence-corrected chi connectivity index (χ3v) is 3.78. The van der Waals surface area contributed by atoms with E-state index in [4.69, 9.17) is 10.5 Å². The number of ether oxygens (including phenoxy) is 1. The third kappa shape index (κ3) is 2.32. The highest BCUT2D eigenvalue weighted by Crippen LogP contribution is 2.22. The van der Waals surface area contributed by atoms with Gasteiger partial charge < -0.3 is 10.5 Å². The van der Waals surface area contributed by atoms with Crippen molar-refractivity contribution < 1.29 is 4.74 Å². The van der Waals surface area contributed by atoms with Crippen LogP contribution in [0.15, 0.2) is 18.2 Å². The summed E-state index contributed by atoms with van der Waals surface area (Å²) < 4.78 is 7.53. The highest BCUT2D eigenvalue weighted by atomic mass is 32.1. The van der Waals surface area contributed by atoms with Crippen molar-refractivity contribution in [3.8, 4) is 5.75 Å². The third-order valence-electron chi connectivity index (χ3n) is 3.05. The van der Waals surface area contributed by atoms with Crippen LogP contribution < -0.4 is 10.5 Å². The number of benzene rings is 1.